The molecule has 2 aromatic rings. The summed E-state index contributed by atoms with van der Waals surface area (Å²) >= 11 is 0. The van der Waals surface area contributed by atoms with E-state index in [1.807, 2.05) is 0 Å². The van der Waals surface area contributed by atoms with E-state index in [0.29, 0.717) is 5.69 Å². The largest absolute Gasteiger partial charge is 0.450 e. The Bertz CT molecular complexity index is 872. The fourth-order valence-electron chi connectivity index (χ4n) is 2.54. The molecule has 3 amide bonds. The zero-order valence-electron chi connectivity index (χ0n) is 14.4. The number of hydrogen-bond donors (Lipinski definition) is 1. The van der Waals surface area contributed by atoms with Gasteiger partial charge in [-0.25, -0.2) is 14.5 Å². The lowest BCUT2D eigenvalue weighted by molar-refractivity contribution is 0.0228. The molecule has 8 heteroatoms. The molecule has 0 saturated carbocycles. The Morgan fingerprint density at radius 2 is 1.52 bits per heavy atom. The summed E-state index contributed by atoms with van der Waals surface area (Å²) in [6.07, 6.45) is -0.599. The van der Waals surface area contributed by atoms with E-state index in [1.165, 1.54) is 24.3 Å². The number of anilines is 1. The Hall–Kier alpha value is -3.68. The van der Waals surface area contributed by atoms with Gasteiger partial charge in [0, 0.05) is 5.69 Å². The minimum atomic E-state index is -0.700. The average molecular weight is 368 g/mol. The molecule has 0 bridgehead atoms. The first-order valence-electron chi connectivity index (χ1n) is 8.17. The lowest BCUT2D eigenvalue weighted by Crippen LogP contribution is -2.33. The first-order valence-corrected chi connectivity index (χ1v) is 8.17. The van der Waals surface area contributed by atoms with Crippen molar-refractivity contribution in [2.75, 3.05) is 18.7 Å². The Morgan fingerprint density at radius 1 is 0.926 bits per heavy atom. The van der Waals surface area contributed by atoms with Gasteiger partial charge in [-0.2, -0.15) is 0 Å². The number of imide groups is 1. The van der Waals surface area contributed by atoms with Crippen LogP contribution in [0.5, 0.6) is 0 Å². The Kier molecular flexibility index (Phi) is 5.16. The number of amides is 3. The first-order chi connectivity index (χ1) is 13.0. The van der Waals surface area contributed by atoms with Crippen LogP contribution in [0.3, 0.4) is 0 Å². The molecule has 0 saturated heterocycles. The lowest BCUT2D eigenvalue weighted by atomic mass is 10.1. The summed E-state index contributed by atoms with van der Waals surface area (Å²) in [4.78, 5) is 48.8. The van der Waals surface area contributed by atoms with Crippen LogP contribution in [0.25, 0.3) is 0 Å². The van der Waals surface area contributed by atoms with E-state index in [1.54, 1.807) is 31.2 Å². The maximum Gasteiger partial charge on any atom is 0.411 e. The molecule has 1 aliphatic heterocycles. The normalized spacial score (nSPS) is 12.6. The van der Waals surface area contributed by atoms with Crippen LogP contribution in [-0.4, -0.2) is 42.1 Å². The number of ether oxygens (including phenoxy) is 2. The molecule has 0 spiro atoms. The molecular weight excluding hydrogens is 352 g/mol. The topological polar surface area (TPSA) is 102 Å². The molecule has 2 aromatic carbocycles. The van der Waals surface area contributed by atoms with Crippen molar-refractivity contribution in [3.05, 3.63) is 65.2 Å². The van der Waals surface area contributed by atoms with Crippen molar-refractivity contribution >= 4 is 29.6 Å². The fourth-order valence-corrected chi connectivity index (χ4v) is 2.54. The zero-order chi connectivity index (χ0) is 19.4. The zero-order valence-corrected chi connectivity index (χ0v) is 14.4. The molecule has 0 atom stereocenters. The Morgan fingerprint density at radius 3 is 2.07 bits per heavy atom. The number of esters is 1. The molecular formula is C19H16N2O6. The summed E-state index contributed by atoms with van der Waals surface area (Å²) in [6, 6.07) is 12.3. The molecule has 1 heterocycles. The third kappa shape index (κ3) is 3.79. The minimum Gasteiger partial charge on any atom is -0.450 e. The highest BCUT2D eigenvalue weighted by atomic mass is 16.6. The van der Waals surface area contributed by atoms with Crippen LogP contribution in [0, 0.1) is 0 Å². The van der Waals surface area contributed by atoms with E-state index in [9.17, 15) is 19.2 Å². The monoisotopic (exact) mass is 368 g/mol. The van der Waals surface area contributed by atoms with Crippen LogP contribution in [0.1, 0.15) is 38.0 Å². The van der Waals surface area contributed by atoms with Gasteiger partial charge in [0.2, 0.25) is 0 Å². The van der Waals surface area contributed by atoms with Crippen molar-refractivity contribution in [3.8, 4) is 0 Å². The standard InChI is InChI=1S/C19H16N2O6/c1-2-26-19(25)20-13-9-7-12(8-10-13)18(24)27-11-21-16(22)14-5-3-4-6-15(14)17(21)23/h3-10H,2,11H2,1H3,(H,20,25). The van der Waals surface area contributed by atoms with Gasteiger partial charge in [0.1, 0.15) is 0 Å². The predicted octanol–water partition coefficient (Wildman–Crippen LogP) is 2.67. The third-order valence-corrected chi connectivity index (χ3v) is 3.85. The van der Waals surface area contributed by atoms with E-state index < -0.39 is 30.6 Å². The molecule has 8 nitrogen and oxygen atoms in total. The number of hydrogen-bond acceptors (Lipinski definition) is 6. The molecule has 138 valence electrons. The van der Waals surface area contributed by atoms with Crippen molar-refractivity contribution in [2.45, 2.75) is 6.92 Å². The summed E-state index contributed by atoms with van der Waals surface area (Å²) < 4.78 is 9.83. The highest BCUT2D eigenvalue weighted by Crippen LogP contribution is 2.22. The van der Waals surface area contributed by atoms with E-state index in [-0.39, 0.29) is 23.3 Å². The van der Waals surface area contributed by atoms with Crippen molar-refractivity contribution in [3.63, 3.8) is 0 Å². The SMILES string of the molecule is CCOC(=O)Nc1ccc(C(=O)OCN2C(=O)c3ccccc3C2=O)cc1. The van der Waals surface area contributed by atoms with Gasteiger partial charge in [-0.3, -0.25) is 14.9 Å². The number of benzene rings is 2. The van der Waals surface area contributed by atoms with Crippen LogP contribution in [0.4, 0.5) is 10.5 Å². The molecule has 0 unspecified atom stereocenters. The highest BCUT2D eigenvalue weighted by molar-refractivity contribution is 6.21. The maximum atomic E-state index is 12.2. The number of carbonyl (C=O) groups excluding carboxylic acids is 4. The summed E-state index contributed by atoms with van der Waals surface area (Å²) in [7, 11) is 0. The fraction of sp³-hybridized carbons (Fsp3) is 0.158. The number of carbonyl (C=O) groups is 4. The molecule has 1 N–H and O–H groups in total. The molecule has 0 fully saturated rings. The summed E-state index contributed by atoms with van der Waals surface area (Å²) in [6.45, 7) is 1.45. The number of nitrogens with one attached hydrogen (secondary N) is 1. The van der Waals surface area contributed by atoms with Gasteiger partial charge in [-0.1, -0.05) is 12.1 Å². The summed E-state index contributed by atoms with van der Waals surface area (Å²) in [5.41, 5.74) is 1.23. The second-order valence-electron chi connectivity index (χ2n) is 5.57. The van der Waals surface area contributed by atoms with Crippen LogP contribution in [-0.2, 0) is 9.47 Å². The highest BCUT2D eigenvalue weighted by Gasteiger charge is 2.35. The van der Waals surface area contributed by atoms with Gasteiger partial charge in [0.15, 0.2) is 6.73 Å². The quantitative estimate of drug-likeness (QED) is 0.643. The van der Waals surface area contributed by atoms with Crippen molar-refractivity contribution in [2.24, 2.45) is 0 Å². The maximum absolute atomic E-state index is 12.2. The van der Waals surface area contributed by atoms with Gasteiger partial charge in [0.05, 0.1) is 23.3 Å². The predicted molar refractivity (Wildman–Crippen MR) is 94.3 cm³/mol. The van der Waals surface area contributed by atoms with Crippen molar-refractivity contribution < 1.29 is 28.7 Å². The third-order valence-electron chi connectivity index (χ3n) is 3.85. The van der Waals surface area contributed by atoms with Crippen molar-refractivity contribution in [1.82, 2.24) is 4.90 Å². The van der Waals surface area contributed by atoms with Gasteiger partial charge < -0.3 is 9.47 Å². The Labute approximate surface area is 154 Å². The van der Waals surface area contributed by atoms with Gasteiger partial charge >= 0.3 is 12.1 Å². The smallest absolute Gasteiger partial charge is 0.411 e. The lowest BCUT2D eigenvalue weighted by Gasteiger charge is -2.14. The van der Waals surface area contributed by atoms with Gasteiger partial charge in [0.25, 0.3) is 11.8 Å². The van der Waals surface area contributed by atoms with Crippen LogP contribution in [0.15, 0.2) is 48.5 Å². The van der Waals surface area contributed by atoms with Crippen LogP contribution in [0.2, 0.25) is 0 Å². The summed E-state index contributed by atoms with van der Waals surface area (Å²) in [5, 5.41) is 2.50. The van der Waals surface area contributed by atoms with E-state index in [0.717, 1.165) is 4.90 Å². The average Bonchev–Trinajstić information content (AvgIpc) is 2.91. The minimum absolute atomic E-state index is 0.209. The first kappa shape index (κ1) is 18.1. The molecule has 1 aliphatic rings. The second kappa shape index (κ2) is 7.69. The second-order valence-corrected chi connectivity index (χ2v) is 5.57. The molecule has 0 aromatic heterocycles. The van der Waals surface area contributed by atoms with E-state index in [4.69, 9.17) is 9.47 Å². The number of nitrogens with zero attached hydrogens (tertiary/aromatic N) is 1. The Balaban J connectivity index is 1.59. The molecule has 0 radical (unpaired) electrons. The van der Waals surface area contributed by atoms with Crippen molar-refractivity contribution in [1.29, 1.82) is 0 Å². The molecule has 0 aliphatic carbocycles. The van der Waals surface area contributed by atoms with E-state index >= 15 is 0 Å². The molecule has 27 heavy (non-hydrogen) atoms. The number of rotatable bonds is 5. The number of fused-ring (bicyclic) bond motifs is 1. The van der Waals surface area contributed by atoms with Crippen LogP contribution < -0.4 is 5.32 Å². The van der Waals surface area contributed by atoms with Gasteiger partial charge in [-0.15, -0.1) is 0 Å². The van der Waals surface area contributed by atoms with Crippen LogP contribution >= 0.6 is 0 Å². The summed E-state index contributed by atoms with van der Waals surface area (Å²) in [5.74, 6) is -1.70. The van der Waals surface area contributed by atoms with E-state index in [2.05, 4.69) is 5.32 Å². The molecule has 3 rings (SSSR count). The van der Waals surface area contributed by atoms with Gasteiger partial charge in [-0.05, 0) is 43.3 Å².